The predicted molar refractivity (Wildman–Crippen MR) is 105 cm³/mol. The summed E-state index contributed by atoms with van der Waals surface area (Å²) in [6, 6.07) is 8.63. The molecule has 0 bridgehead atoms. The minimum absolute atomic E-state index is 0.148. The van der Waals surface area contributed by atoms with Gasteiger partial charge in [-0.05, 0) is 43.7 Å². The van der Waals surface area contributed by atoms with Gasteiger partial charge in [0, 0.05) is 32.1 Å². The van der Waals surface area contributed by atoms with E-state index in [1.807, 2.05) is 6.07 Å². The third-order valence-corrected chi connectivity index (χ3v) is 6.35. The Kier molecular flexibility index (Phi) is 4.88. The molecule has 1 amide bonds. The van der Waals surface area contributed by atoms with Crippen molar-refractivity contribution in [3.63, 3.8) is 0 Å². The number of piperidine rings is 1. The molecule has 4 rings (SSSR count). The number of anilines is 1. The fourth-order valence-corrected chi connectivity index (χ4v) is 4.59. The second kappa shape index (κ2) is 7.29. The quantitative estimate of drug-likeness (QED) is 0.918. The van der Waals surface area contributed by atoms with Crippen molar-refractivity contribution in [3.05, 3.63) is 24.3 Å². The van der Waals surface area contributed by atoms with Crippen LogP contribution in [0.15, 0.2) is 24.3 Å². The maximum Gasteiger partial charge on any atom is 0.223 e. The Morgan fingerprint density at radius 1 is 1.12 bits per heavy atom. The van der Waals surface area contributed by atoms with E-state index >= 15 is 0 Å². The molecule has 1 aliphatic carbocycles. The number of fused-ring (bicyclic) bond motifs is 1. The molecular weight excluding hydrogens is 324 g/mol. The summed E-state index contributed by atoms with van der Waals surface area (Å²) < 4.78 is 2.17. The molecule has 26 heavy (non-hydrogen) atoms. The van der Waals surface area contributed by atoms with E-state index in [0.717, 1.165) is 49.3 Å². The van der Waals surface area contributed by atoms with E-state index < -0.39 is 0 Å². The highest BCUT2D eigenvalue weighted by Crippen LogP contribution is 2.27. The molecule has 2 aromatic rings. The minimum Gasteiger partial charge on any atom is -0.353 e. The molecule has 140 valence electrons. The minimum atomic E-state index is 0.148. The first-order valence-corrected chi connectivity index (χ1v) is 10.1. The van der Waals surface area contributed by atoms with Crippen LogP contribution in [0, 0.1) is 11.8 Å². The highest BCUT2D eigenvalue weighted by Gasteiger charge is 2.30. The van der Waals surface area contributed by atoms with Gasteiger partial charge >= 0.3 is 0 Å². The summed E-state index contributed by atoms with van der Waals surface area (Å²) in [6.45, 7) is 4.07. The second-order valence-corrected chi connectivity index (χ2v) is 8.10. The van der Waals surface area contributed by atoms with E-state index in [2.05, 4.69) is 47.0 Å². The van der Waals surface area contributed by atoms with Crippen molar-refractivity contribution in [2.75, 3.05) is 18.0 Å². The van der Waals surface area contributed by atoms with Gasteiger partial charge in [-0.3, -0.25) is 4.79 Å². The van der Waals surface area contributed by atoms with Crippen molar-refractivity contribution in [2.45, 2.75) is 51.5 Å². The molecule has 2 aliphatic rings. The maximum absolute atomic E-state index is 12.7. The van der Waals surface area contributed by atoms with Crippen LogP contribution >= 0.6 is 0 Å². The first-order chi connectivity index (χ1) is 12.6. The summed E-state index contributed by atoms with van der Waals surface area (Å²) in [7, 11) is 2.08. The lowest BCUT2D eigenvalue weighted by Crippen LogP contribution is -2.47. The number of nitrogens with one attached hydrogen (secondary N) is 1. The summed E-state index contributed by atoms with van der Waals surface area (Å²) in [5, 5.41) is 3.35. The third-order valence-electron chi connectivity index (χ3n) is 6.35. The highest BCUT2D eigenvalue weighted by atomic mass is 16.2. The van der Waals surface area contributed by atoms with Crippen molar-refractivity contribution in [2.24, 2.45) is 18.9 Å². The molecule has 1 aromatic carbocycles. The van der Waals surface area contributed by atoms with Gasteiger partial charge in [-0.2, -0.15) is 0 Å². The smallest absolute Gasteiger partial charge is 0.223 e. The highest BCUT2D eigenvalue weighted by molar-refractivity contribution is 5.80. The molecule has 1 saturated heterocycles. The van der Waals surface area contributed by atoms with Gasteiger partial charge in [0.05, 0.1) is 11.0 Å². The third kappa shape index (κ3) is 3.31. The Labute approximate surface area is 155 Å². The van der Waals surface area contributed by atoms with Crippen LogP contribution < -0.4 is 10.2 Å². The number of aromatic nitrogens is 2. The Balaban J connectivity index is 1.37. The van der Waals surface area contributed by atoms with Gasteiger partial charge < -0.3 is 14.8 Å². The molecule has 5 nitrogen and oxygen atoms in total. The number of aryl methyl sites for hydroxylation is 1. The van der Waals surface area contributed by atoms with Crippen LogP contribution in [0.25, 0.3) is 11.0 Å². The monoisotopic (exact) mass is 354 g/mol. The SMILES string of the molecule is C[C@H]1CCCC[C@@H]1NC(=O)C1CCN(c2nc3ccccc3n2C)CC1. The van der Waals surface area contributed by atoms with Crippen molar-refractivity contribution in [1.29, 1.82) is 0 Å². The first kappa shape index (κ1) is 17.4. The van der Waals surface area contributed by atoms with E-state index in [4.69, 9.17) is 4.98 Å². The van der Waals surface area contributed by atoms with Crippen LogP contribution in [0.5, 0.6) is 0 Å². The zero-order valence-electron chi connectivity index (χ0n) is 15.9. The Hall–Kier alpha value is -2.04. The molecule has 1 saturated carbocycles. The van der Waals surface area contributed by atoms with Crippen LogP contribution in [0.4, 0.5) is 5.95 Å². The normalized spacial score (nSPS) is 24.8. The number of para-hydroxylation sites is 2. The average molecular weight is 354 g/mol. The standard InChI is InChI=1S/C21H30N4O/c1-15-7-3-4-8-17(15)22-20(26)16-11-13-25(14-12-16)21-23-18-9-5-6-10-19(18)24(21)2/h5-6,9-10,15-17H,3-4,7-8,11-14H2,1-2H3,(H,22,26)/t15-,17-/m0/s1. The fraction of sp³-hybridized carbons (Fsp3) is 0.619. The van der Waals surface area contributed by atoms with E-state index in [1.165, 1.54) is 19.3 Å². The summed E-state index contributed by atoms with van der Waals surface area (Å²) in [5.41, 5.74) is 2.20. The van der Waals surface area contributed by atoms with Gasteiger partial charge in [0.25, 0.3) is 0 Å². The number of nitrogens with zero attached hydrogens (tertiary/aromatic N) is 3. The van der Waals surface area contributed by atoms with Gasteiger partial charge in [0.15, 0.2) is 0 Å². The molecule has 2 atom stereocenters. The maximum atomic E-state index is 12.7. The molecule has 0 radical (unpaired) electrons. The number of carbonyl (C=O) groups excluding carboxylic acids is 1. The van der Waals surface area contributed by atoms with E-state index in [1.54, 1.807) is 0 Å². The Morgan fingerprint density at radius 3 is 2.58 bits per heavy atom. The number of rotatable bonds is 3. The molecule has 5 heteroatoms. The van der Waals surface area contributed by atoms with Crippen LogP contribution in [0.2, 0.25) is 0 Å². The zero-order valence-corrected chi connectivity index (χ0v) is 15.9. The van der Waals surface area contributed by atoms with Gasteiger partial charge in [0.1, 0.15) is 0 Å². The number of imidazole rings is 1. The van der Waals surface area contributed by atoms with Crippen molar-refractivity contribution in [1.82, 2.24) is 14.9 Å². The van der Waals surface area contributed by atoms with Crippen LogP contribution in [0.3, 0.4) is 0 Å². The number of hydrogen-bond acceptors (Lipinski definition) is 3. The summed E-state index contributed by atoms with van der Waals surface area (Å²) >= 11 is 0. The zero-order chi connectivity index (χ0) is 18.1. The van der Waals surface area contributed by atoms with Gasteiger partial charge in [-0.25, -0.2) is 4.98 Å². The van der Waals surface area contributed by atoms with Gasteiger partial charge in [0.2, 0.25) is 11.9 Å². The van der Waals surface area contributed by atoms with E-state index in [0.29, 0.717) is 12.0 Å². The molecule has 1 N–H and O–H groups in total. The number of amides is 1. The lowest BCUT2D eigenvalue weighted by atomic mass is 9.85. The van der Waals surface area contributed by atoms with Crippen LogP contribution in [-0.4, -0.2) is 34.6 Å². The lowest BCUT2D eigenvalue weighted by molar-refractivity contribution is -0.126. The molecule has 0 spiro atoms. The Morgan fingerprint density at radius 2 is 1.85 bits per heavy atom. The molecule has 2 fully saturated rings. The van der Waals surface area contributed by atoms with Crippen LogP contribution in [0.1, 0.15) is 45.4 Å². The predicted octanol–water partition coefficient (Wildman–Crippen LogP) is 3.48. The van der Waals surface area contributed by atoms with Crippen molar-refractivity contribution >= 4 is 22.9 Å². The Bertz CT molecular complexity index is 775. The summed E-state index contributed by atoms with van der Waals surface area (Å²) in [6.07, 6.45) is 6.78. The number of benzene rings is 1. The topological polar surface area (TPSA) is 50.2 Å². The molecule has 1 aromatic heterocycles. The molecule has 0 unspecified atom stereocenters. The molecule has 2 heterocycles. The molecular formula is C21H30N4O. The summed E-state index contributed by atoms with van der Waals surface area (Å²) in [4.78, 5) is 19.8. The largest absolute Gasteiger partial charge is 0.353 e. The van der Waals surface area contributed by atoms with Crippen molar-refractivity contribution in [3.8, 4) is 0 Å². The van der Waals surface area contributed by atoms with Crippen molar-refractivity contribution < 1.29 is 4.79 Å². The van der Waals surface area contributed by atoms with Gasteiger partial charge in [-0.1, -0.05) is 31.9 Å². The van der Waals surface area contributed by atoms with E-state index in [-0.39, 0.29) is 11.8 Å². The summed E-state index contributed by atoms with van der Waals surface area (Å²) in [5.74, 6) is 2.06. The first-order valence-electron chi connectivity index (χ1n) is 10.1. The number of hydrogen-bond donors (Lipinski definition) is 1. The van der Waals surface area contributed by atoms with Gasteiger partial charge in [-0.15, -0.1) is 0 Å². The number of carbonyl (C=O) groups is 1. The lowest BCUT2D eigenvalue weighted by Gasteiger charge is -2.34. The van der Waals surface area contributed by atoms with Crippen LogP contribution in [-0.2, 0) is 11.8 Å². The molecule has 1 aliphatic heterocycles. The second-order valence-electron chi connectivity index (χ2n) is 8.10. The van der Waals surface area contributed by atoms with E-state index in [9.17, 15) is 4.79 Å². The fourth-order valence-electron chi connectivity index (χ4n) is 4.59. The average Bonchev–Trinajstić information content (AvgIpc) is 3.01.